The fourth-order valence-electron chi connectivity index (χ4n) is 2.29. The van der Waals surface area contributed by atoms with Crippen LogP contribution < -0.4 is 10.1 Å². The van der Waals surface area contributed by atoms with E-state index in [9.17, 15) is 5.11 Å². The lowest BCUT2D eigenvalue weighted by Gasteiger charge is -2.36. The van der Waals surface area contributed by atoms with E-state index in [1.165, 1.54) is 5.56 Å². The first kappa shape index (κ1) is 12.4. The Hall–Kier alpha value is -1.06. The third-order valence-electron chi connectivity index (χ3n) is 3.41. The van der Waals surface area contributed by atoms with E-state index < -0.39 is 0 Å². The van der Waals surface area contributed by atoms with Gasteiger partial charge in [-0.15, -0.1) is 0 Å². The topological polar surface area (TPSA) is 41.5 Å². The smallest absolute Gasteiger partial charge is 0.119 e. The minimum Gasteiger partial charge on any atom is -0.497 e. The molecule has 0 saturated heterocycles. The van der Waals surface area contributed by atoms with E-state index >= 15 is 0 Å². The molecule has 0 spiro atoms. The Morgan fingerprint density at radius 2 is 2.24 bits per heavy atom. The van der Waals surface area contributed by atoms with Crippen molar-refractivity contribution in [2.75, 3.05) is 13.7 Å². The van der Waals surface area contributed by atoms with Gasteiger partial charge in [0.05, 0.1) is 13.2 Å². The molecule has 3 heteroatoms. The number of benzene rings is 1. The van der Waals surface area contributed by atoms with Crippen molar-refractivity contribution in [1.29, 1.82) is 0 Å². The monoisotopic (exact) mass is 235 g/mol. The first-order valence-corrected chi connectivity index (χ1v) is 6.24. The third kappa shape index (κ3) is 3.20. The summed E-state index contributed by atoms with van der Waals surface area (Å²) < 4.78 is 5.23. The zero-order valence-electron chi connectivity index (χ0n) is 10.5. The highest BCUT2D eigenvalue weighted by molar-refractivity contribution is 5.32. The van der Waals surface area contributed by atoms with Crippen LogP contribution in [-0.2, 0) is 0 Å². The van der Waals surface area contributed by atoms with E-state index in [4.69, 9.17) is 4.74 Å². The fraction of sp³-hybridized carbons (Fsp3) is 0.571. The van der Waals surface area contributed by atoms with Gasteiger partial charge >= 0.3 is 0 Å². The van der Waals surface area contributed by atoms with Gasteiger partial charge in [0.1, 0.15) is 5.75 Å². The highest BCUT2D eigenvalue weighted by Gasteiger charge is 2.30. The molecule has 1 saturated carbocycles. The summed E-state index contributed by atoms with van der Waals surface area (Å²) in [5.41, 5.74) is 1.36. The van der Waals surface area contributed by atoms with Crippen molar-refractivity contribution < 1.29 is 9.84 Å². The first-order chi connectivity index (χ1) is 8.19. The Labute approximate surface area is 103 Å². The number of hydrogen-bond donors (Lipinski definition) is 2. The van der Waals surface area contributed by atoms with Gasteiger partial charge in [-0.1, -0.05) is 12.1 Å². The molecular weight excluding hydrogens is 214 g/mol. The molecule has 1 unspecified atom stereocenters. The second-order valence-corrected chi connectivity index (χ2v) is 4.90. The molecule has 1 atom stereocenters. The fourth-order valence-corrected chi connectivity index (χ4v) is 2.29. The molecule has 0 amide bonds. The van der Waals surface area contributed by atoms with Gasteiger partial charge in [-0.2, -0.15) is 0 Å². The summed E-state index contributed by atoms with van der Waals surface area (Å²) in [6.45, 7) is 2.50. The maximum atomic E-state index is 9.19. The van der Waals surface area contributed by atoms with Crippen molar-refractivity contribution in [2.24, 2.45) is 0 Å². The molecule has 1 aromatic carbocycles. The second-order valence-electron chi connectivity index (χ2n) is 4.90. The summed E-state index contributed by atoms with van der Waals surface area (Å²) >= 11 is 0. The van der Waals surface area contributed by atoms with Gasteiger partial charge in [0.15, 0.2) is 0 Å². The molecule has 2 rings (SSSR count). The minimum atomic E-state index is -0.258. The normalized spacial score (nSPS) is 25.1. The van der Waals surface area contributed by atoms with Crippen LogP contribution in [0.2, 0.25) is 0 Å². The molecule has 0 aliphatic heterocycles. The van der Waals surface area contributed by atoms with Gasteiger partial charge in [0, 0.05) is 12.6 Å². The molecule has 1 fully saturated rings. The second kappa shape index (κ2) is 5.52. The van der Waals surface area contributed by atoms with Crippen molar-refractivity contribution in [2.45, 2.75) is 37.8 Å². The van der Waals surface area contributed by atoms with E-state index in [1.54, 1.807) is 7.11 Å². The van der Waals surface area contributed by atoms with E-state index in [0.29, 0.717) is 18.5 Å². The number of rotatable bonds is 5. The van der Waals surface area contributed by atoms with Crippen LogP contribution in [0.4, 0.5) is 0 Å². The Kier molecular flexibility index (Phi) is 4.02. The van der Waals surface area contributed by atoms with Crippen molar-refractivity contribution in [1.82, 2.24) is 5.32 Å². The number of ether oxygens (including phenoxy) is 1. The maximum Gasteiger partial charge on any atom is 0.119 e. The molecule has 1 aliphatic carbocycles. The lowest BCUT2D eigenvalue weighted by molar-refractivity contribution is 0.171. The standard InChI is InChI=1S/C14H21NO2/c1-10(16)9-15-13-6-12(7-13)11-4-3-5-14(8-11)17-2/h3-5,8,10,12-13,15-16H,6-7,9H2,1-2H3. The van der Waals surface area contributed by atoms with Crippen LogP contribution in [-0.4, -0.2) is 30.9 Å². The predicted octanol–water partition coefficient (Wildman–Crippen LogP) is 1.91. The van der Waals surface area contributed by atoms with Crippen LogP contribution in [0.5, 0.6) is 5.75 Å². The van der Waals surface area contributed by atoms with E-state index in [2.05, 4.69) is 17.4 Å². The zero-order chi connectivity index (χ0) is 12.3. The Bertz CT molecular complexity index is 359. The van der Waals surface area contributed by atoms with Crippen LogP contribution in [0.1, 0.15) is 31.2 Å². The summed E-state index contributed by atoms with van der Waals surface area (Å²) in [4.78, 5) is 0. The summed E-state index contributed by atoms with van der Waals surface area (Å²) in [5, 5.41) is 12.6. The number of hydrogen-bond acceptors (Lipinski definition) is 3. The van der Waals surface area contributed by atoms with Gasteiger partial charge in [-0.3, -0.25) is 0 Å². The number of methoxy groups -OCH3 is 1. The molecule has 3 nitrogen and oxygen atoms in total. The molecule has 1 aromatic rings. The van der Waals surface area contributed by atoms with E-state index in [-0.39, 0.29) is 6.10 Å². The van der Waals surface area contributed by atoms with Crippen molar-refractivity contribution in [3.05, 3.63) is 29.8 Å². The summed E-state index contributed by atoms with van der Waals surface area (Å²) in [6.07, 6.45) is 2.05. The third-order valence-corrected chi connectivity index (χ3v) is 3.41. The summed E-state index contributed by atoms with van der Waals surface area (Å²) in [6, 6.07) is 8.87. The van der Waals surface area contributed by atoms with E-state index in [0.717, 1.165) is 18.6 Å². The minimum absolute atomic E-state index is 0.258. The lowest BCUT2D eigenvalue weighted by Crippen LogP contribution is -2.42. The van der Waals surface area contributed by atoms with Gasteiger partial charge in [-0.25, -0.2) is 0 Å². The van der Waals surface area contributed by atoms with Crippen molar-refractivity contribution in [3.63, 3.8) is 0 Å². The first-order valence-electron chi connectivity index (χ1n) is 6.24. The van der Waals surface area contributed by atoms with Gasteiger partial charge < -0.3 is 15.2 Å². The molecule has 0 heterocycles. The molecule has 0 aromatic heterocycles. The molecule has 0 radical (unpaired) electrons. The highest BCUT2D eigenvalue weighted by Crippen LogP contribution is 2.37. The van der Waals surface area contributed by atoms with Crippen LogP contribution in [0, 0.1) is 0 Å². The lowest BCUT2D eigenvalue weighted by atomic mass is 9.76. The number of nitrogens with one attached hydrogen (secondary N) is 1. The Balaban J connectivity index is 1.82. The van der Waals surface area contributed by atoms with Crippen LogP contribution in [0.15, 0.2) is 24.3 Å². The van der Waals surface area contributed by atoms with E-state index in [1.807, 2.05) is 19.1 Å². The van der Waals surface area contributed by atoms with Gasteiger partial charge in [0.2, 0.25) is 0 Å². The quantitative estimate of drug-likeness (QED) is 0.819. The largest absolute Gasteiger partial charge is 0.497 e. The summed E-state index contributed by atoms with van der Waals surface area (Å²) in [7, 11) is 1.70. The number of aliphatic hydroxyl groups is 1. The molecule has 2 N–H and O–H groups in total. The molecule has 1 aliphatic rings. The van der Waals surface area contributed by atoms with Crippen molar-refractivity contribution >= 4 is 0 Å². The van der Waals surface area contributed by atoms with Gasteiger partial charge in [-0.05, 0) is 43.4 Å². The Morgan fingerprint density at radius 3 is 2.88 bits per heavy atom. The molecular formula is C14H21NO2. The van der Waals surface area contributed by atoms with Crippen LogP contribution in [0.25, 0.3) is 0 Å². The van der Waals surface area contributed by atoms with Crippen LogP contribution >= 0.6 is 0 Å². The SMILES string of the molecule is COc1cccc(C2CC(NCC(C)O)C2)c1. The van der Waals surface area contributed by atoms with Gasteiger partial charge in [0.25, 0.3) is 0 Å². The average Bonchev–Trinajstić information content (AvgIpc) is 2.27. The predicted molar refractivity (Wildman–Crippen MR) is 68.4 cm³/mol. The molecule has 94 valence electrons. The molecule has 17 heavy (non-hydrogen) atoms. The van der Waals surface area contributed by atoms with Crippen molar-refractivity contribution in [3.8, 4) is 5.75 Å². The zero-order valence-corrected chi connectivity index (χ0v) is 10.5. The highest BCUT2D eigenvalue weighted by atomic mass is 16.5. The average molecular weight is 235 g/mol. The summed E-state index contributed by atoms with van der Waals surface area (Å²) in [5.74, 6) is 1.57. The Morgan fingerprint density at radius 1 is 1.47 bits per heavy atom. The maximum absolute atomic E-state index is 9.19. The van der Waals surface area contributed by atoms with Crippen LogP contribution in [0.3, 0.4) is 0 Å². The molecule has 0 bridgehead atoms. The number of aliphatic hydroxyl groups excluding tert-OH is 1.